The third-order valence-electron chi connectivity index (χ3n) is 6.14. The summed E-state index contributed by atoms with van der Waals surface area (Å²) in [6.45, 7) is 10.6. The normalized spacial score (nSPS) is 26.1. The molecule has 0 aliphatic carbocycles. The van der Waals surface area contributed by atoms with Crippen LogP contribution in [0.3, 0.4) is 0 Å². The SMILES string of the molecule is CC1CN(C(C)CO)CCC/C=C\1c1ccc(CCN2CCCC2)cc1. The first-order valence-corrected chi connectivity index (χ1v) is 10.5. The number of allylic oxidation sites excluding steroid dienone is 1. The van der Waals surface area contributed by atoms with E-state index in [0.29, 0.717) is 5.92 Å². The molecule has 0 radical (unpaired) electrons. The molecule has 0 bridgehead atoms. The Kier molecular flexibility index (Phi) is 7.30. The Morgan fingerprint density at radius 1 is 1.08 bits per heavy atom. The molecule has 3 rings (SSSR count). The monoisotopic (exact) mass is 356 g/mol. The Balaban J connectivity index is 1.62. The Morgan fingerprint density at radius 3 is 2.50 bits per heavy atom. The zero-order valence-electron chi connectivity index (χ0n) is 16.7. The highest BCUT2D eigenvalue weighted by atomic mass is 16.3. The molecule has 0 aromatic heterocycles. The van der Waals surface area contributed by atoms with Crippen LogP contribution in [-0.4, -0.2) is 60.3 Å². The van der Waals surface area contributed by atoms with Crippen LogP contribution in [0.15, 0.2) is 30.3 Å². The Morgan fingerprint density at radius 2 is 1.81 bits per heavy atom. The van der Waals surface area contributed by atoms with Gasteiger partial charge in [-0.05, 0) is 81.3 Å². The van der Waals surface area contributed by atoms with E-state index in [9.17, 15) is 5.11 Å². The van der Waals surface area contributed by atoms with Crippen molar-refractivity contribution in [1.29, 1.82) is 0 Å². The van der Waals surface area contributed by atoms with Crippen molar-refractivity contribution in [2.45, 2.75) is 52.0 Å². The predicted molar refractivity (Wildman–Crippen MR) is 110 cm³/mol. The van der Waals surface area contributed by atoms with Gasteiger partial charge >= 0.3 is 0 Å². The van der Waals surface area contributed by atoms with Gasteiger partial charge in [-0.15, -0.1) is 0 Å². The minimum absolute atomic E-state index is 0.248. The highest BCUT2D eigenvalue weighted by Crippen LogP contribution is 2.28. The number of likely N-dealkylation sites (tertiary alicyclic amines) is 1. The molecule has 0 spiro atoms. The van der Waals surface area contributed by atoms with E-state index in [1.807, 2.05) is 0 Å². The Labute approximate surface area is 159 Å². The van der Waals surface area contributed by atoms with Crippen LogP contribution in [0.25, 0.3) is 5.57 Å². The summed E-state index contributed by atoms with van der Waals surface area (Å²) in [7, 11) is 0. The van der Waals surface area contributed by atoms with Gasteiger partial charge in [0, 0.05) is 19.1 Å². The lowest BCUT2D eigenvalue weighted by atomic mass is 9.90. The summed E-state index contributed by atoms with van der Waals surface area (Å²) in [5, 5.41) is 9.52. The van der Waals surface area contributed by atoms with Crippen molar-refractivity contribution in [3.8, 4) is 0 Å². The lowest BCUT2D eigenvalue weighted by Gasteiger charge is -2.33. The smallest absolute Gasteiger partial charge is 0.0584 e. The number of benzene rings is 1. The van der Waals surface area contributed by atoms with Gasteiger partial charge in [0.15, 0.2) is 0 Å². The maximum absolute atomic E-state index is 9.52. The lowest BCUT2D eigenvalue weighted by Crippen LogP contribution is -2.40. The second-order valence-electron chi connectivity index (χ2n) is 8.22. The van der Waals surface area contributed by atoms with Gasteiger partial charge in [-0.3, -0.25) is 4.90 Å². The number of aliphatic hydroxyl groups excluding tert-OH is 1. The van der Waals surface area contributed by atoms with Gasteiger partial charge in [0.05, 0.1) is 6.61 Å². The molecular formula is C23H36N2O. The van der Waals surface area contributed by atoms with Crippen molar-refractivity contribution in [2.24, 2.45) is 5.92 Å². The molecule has 1 fully saturated rings. The Bertz CT molecular complexity index is 574. The first-order valence-electron chi connectivity index (χ1n) is 10.5. The van der Waals surface area contributed by atoms with Crippen LogP contribution >= 0.6 is 0 Å². The zero-order chi connectivity index (χ0) is 18.4. The summed E-state index contributed by atoms with van der Waals surface area (Å²) < 4.78 is 0. The summed E-state index contributed by atoms with van der Waals surface area (Å²) in [6, 6.07) is 9.55. The third kappa shape index (κ3) is 5.18. The summed E-state index contributed by atoms with van der Waals surface area (Å²) in [5.41, 5.74) is 4.31. The van der Waals surface area contributed by atoms with Crippen molar-refractivity contribution in [1.82, 2.24) is 9.80 Å². The van der Waals surface area contributed by atoms with Crippen molar-refractivity contribution in [2.75, 3.05) is 39.3 Å². The van der Waals surface area contributed by atoms with Crippen LogP contribution in [0.4, 0.5) is 0 Å². The van der Waals surface area contributed by atoms with Crippen LogP contribution in [0.5, 0.6) is 0 Å². The van der Waals surface area contributed by atoms with Gasteiger partial charge in [-0.25, -0.2) is 0 Å². The average molecular weight is 357 g/mol. The largest absolute Gasteiger partial charge is 0.395 e. The molecule has 2 atom stereocenters. The third-order valence-corrected chi connectivity index (χ3v) is 6.14. The summed E-state index contributed by atoms with van der Waals surface area (Å²) in [4.78, 5) is 5.03. The van der Waals surface area contributed by atoms with E-state index in [4.69, 9.17) is 0 Å². The molecule has 144 valence electrons. The molecule has 1 N–H and O–H groups in total. The van der Waals surface area contributed by atoms with Crippen LogP contribution in [-0.2, 0) is 6.42 Å². The number of nitrogens with zero attached hydrogens (tertiary/aromatic N) is 2. The molecule has 3 nitrogen and oxygen atoms in total. The van der Waals surface area contributed by atoms with Crippen molar-refractivity contribution >= 4 is 5.57 Å². The fourth-order valence-electron chi connectivity index (χ4n) is 4.37. The summed E-state index contributed by atoms with van der Waals surface area (Å²) >= 11 is 0. The first-order chi connectivity index (χ1) is 12.7. The van der Waals surface area contributed by atoms with Crippen molar-refractivity contribution in [3.63, 3.8) is 0 Å². The zero-order valence-corrected chi connectivity index (χ0v) is 16.7. The topological polar surface area (TPSA) is 26.7 Å². The molecule has 3 heteroatoms. The van der Waals surface area contributed by atoms with E-state index >= 15 is 0 Å². The second kappa shape index (κ2) is 9.68. The van der Waals surface area contributed by atoms with E-state index in [1.54, 1.807) is 0 Å². The molecule has 2 aliphatic rings. The van der Waals surface area contributed by atoms with Gasteiger partial charge in [0.2, 0.25) is 0 Å². The minimum Gasteiger partial charge on any atom is -0.395 e. The van der Waals surface area contributed by atoms with Gasteiger partial charge in [0.25, 0.3) is 0 Å². The molecular weight excluding hydrogens is 320 g/mol. The van der Waals surface area contributed by atoms with E-state index in [0.717, 1.165) is 25.9 Å². The maximum atomic E-state index is 9.52. The molecule has 2 aliphatic heterocycles. The number of hydrogen-bond acceptors (Lipinski definition) is 3. The molecule has 1 aromatic carbocycles. The molecule has 0 amide bonds. The molecule has 1 saturated heterocycles. The Hall–Kier alpha value is -1.16. The van der Waals surface area contributed by atoms with E-state index in [1.165, 1.54) is 55.6 Å². The molecule has 2 unspecified atom stereocenters. The summed E-state index contributed by atoms with van der Waals surface area (Å²) in [6.07, 6.45) is 8.66. The number of rotatable bonds is 6. The van der Waals surface area contributed by atoms with Crippen LogP contribution in [0, 0.1) is 5.92 Å². The summed E-state index contributed by atoms with van der Waals surface area (Å²) in [5.74, 6) is 0.500. The fourth-order valence-corrected chi connectivity index (χ4v) is 4.37. The first kappa shape index (κ1) is 19.6. The molecule has 0 saturated carbocycles. The van der Waals surface area contributed by atoms with Crippen LogP contribution in [0.1, 0.15) is 50.7 Å². The van der Waals surface area contributed by atoms with Crippen LogP contribution in [0.2, 0.25) is 0 Å². The number of hydrogen-bond donors (Lipinski definition) is 1. The predicted octanol–water partition coefficient (Wildman–Crippen LogP) is 3.82. The van der Waals surface area contributed by atoms with Gasteiger partial charge < -0.3 is 10.0 Å². The van der Waals surface area contributed by atoms with Gasteiger partial charge in [0.1, 0.15) is 0 Å². The highest BCUT2D eigenvalue weighted by Gasteiger charge is 2.21. The van der Waals surface area contributed by atoms with Crippen molar-refractivity contribution < 1.29 is 5.11 Å². The lowest BCUT2D eigenvalue weighted by molar-refractivity contribution is 0.125. The quantitative estimate of drug-likeness (QED) is 0.839. The average Bonchev–Trinajstić information content (AvgIpc) is 3.17. The fraction of sp³-hybridized carbons (Fsp3) is 0.652. The van der Waals surface area contributed by atoms with Gasteiger partial charge in [-0.1, -0.05) is 37.3 Å². The van der Waals surface area contributed by atoms with E-state index < -0.39 is 0 Å². The van der Waals surface area contributed by atoms with Crippen LogP contribution < -0.4 is 0 Å². The second-order valence-corrected chi connectivity index (χ2v) is 8.22. The number of aliphatic hydroxyl groups is 1. The van der Waals surface area contributed by atoms with Gasteiger partial charge in [-0.2, -0.15) is 0 Å². The van der Waals surface area contributed by atoms with E-state index in [-0.39, 0.29) is 12.6 Å². The standard InChI is InChI=1S/C23H36N2O/c1-19-17-25(20(2)18-26)15-4-3-7-23(19)22-10-8-21(9-11-22)12-16-24-13-5-6-14-24/h7-11,19-20,26H,3-6,12-18H2,1-2H3/b23-7+. The molecule has 1 aromatic rings. The molecule has 26 heavy (non-hydrogen) atoms. The maximum Gasteiger partial charge on any atom is 0.0584 e. The minimum atomic E-state index is 0.248. The van der Waals surface area contributed by atoms with Crippen molar-refractivity contribution in [3.05, 3.63) is 41.5 Å². The van der Waals surface area contributed by atoms with E-state index in [2.05, 4.69) is 54.0 Å². The highest BCUT2D eigenvalue weighted by molar-refractivity contribution is 5.67. The molecule has 2 heterocycles.